The SMILES string of the molecule is CCOc1ccc(NC(=O)N(Cc2cccs2)Cc2cccn2C)cc1. The van der Waals surface area contributed by atoms with Crippen LogP contribution in [0.25, 0.3) is 0 Å². The molecule has 2 aromatic heterocycles. The highest BCUT2D eigenvalue weighted by atomic mass is 32.1. The summed E-state index contributed by atoms with van der Waals surface area (Å²) in [7, 11) is 1.99. The third kappa shape index (κ3) is 4.67. The van der Waals surface area contributed by atoms with Crippen LogP contribution < -0.4 is 10.1 Å². The predicted molar refractivity (Wildman–Crippen MR) is 106 cm³/mol. The van der Waals surface area contributed by atoms with Gasteiger partial charge in [0.25, 0.3) is 0 Å². The normalized spacial score (nSPS) is 10.5. The number of amides is 2. The maximum absolute atomic E-state index is 12.9. The summed E-state index contributed by atoms with van der Waals surface area (Å²) in [6.07, 6.45) is 1.99. The summed E-state index contributed by atoms with van der Waals surface area (Å²) in [5.41, 5.74) is 1.84. The van der Waals surface area contributed by atoms with Crippen LogP contribution in [0.2, 0.25) is 0 Å². The van der Waals surface area contributed by atoms with E-state index in [-0.39, 0.29) is 6.03 Å². The first-order valence-corrected chi connectivity index (χ1v) is 9.45. The number of urea groups is 1. The molecule has 0 fully saturated rings. The zero-order valence-corrected chi connectivity index (χ0v) is 15.8. The number of rotatable bonds is 7. The molecule has 0 saturated heterocycles. The van der Waals surface area contributed by atoms with Crippen molar-refractivity contribution in [2.45, 2.75) is 20.0 Å². The Balaban J connectivity index is 1.72. The van der Waals surface area contributed by atoms with Crippen LogP contribution in [0.5, 0.6) is 5.75 Å². The first kappa shape index (κ1) is 18.1. The molecular formula is C20H23N3O2S. The lowest BCUT2D eigenvalue weighted by Crippen LogP contribution is -2.34. The molecule has 26 heavy (non-hydrogen) atoms. The fourth-order valence-electron chi connectivity index (χ4n) is 2.65. The number of thiophene rings is 1. The van der Waals surface area contributed by atoms with Gasteiger partial charge in [-0.15, -0.1) is 11.3 Å². The number of benzene rings is 1. The number of anilines is 1. The van der Waals surface area contributed by atoms with Crippen molar-refractivity contribution in [2.24, 2.45) is 7.05 Å². The first-order chi connectivity index (χ1) is 12.7. The summed E-state index contributed by atoms with van der Waals surface area (Å²) >= 11 is 1.65. The highest BCUT2D eigenvalue weighted by Crippen LogP contribution is 2.19. The molecule has 0 unspecified atom stereocenters. The van der Waals surface area contributed by atoms with Gasteiger partial charge in [-0.3, -0.25) is 0 Å². The summed E-state index contributed by atoms with van der Waals surface area (Å²) in [4.78, 5) is 15.8. The summed E-state index contributed by atoms with van der Waals surface area (Å²) in [5.74, 6) is 0.796. The Morgan fingerprint density at radius 2 is 1.96 bits per heavy atom. The topological polar surface area (TPSA) is 46.5 Å². The van der Waals surface area contributed by atoms with Crippen LogP contribution in [0.4, 0.5) is 10.5 Å². The quantitative estimate of drug-likeness (QED) is 0.655. The third-order valence-corrected chi connectivity index (χ3v) is 4.90. The maximum Gasteiger partial charge on any atom is 0.322 e. The predicted octanol–water partition coefficient (Wildman–Crippen LogP) is 4.72. The van der Waals surface area contributed by atoms with Gasteiger partial charge in [-0.25, -0.2) is 4.79 Å². The molecule has 1 N–H and O–H groups in total. The minimum absolute atomic E-state index is 0.122. The molecule has 2 heterocycles. The van der Waals surface area contributed by atoms with E-state index in [1.54, 1.807) is 11.3 Å². The van der Waals surface area contributed by atoms with Crippen molar-refractivity contribution in [2.75, 3.05) is 11.9 Å². The number of carbonyl (C=O) groups excluding carboxylic acids is 1. The molecule has 0 saturated carbocycles. The van der Waals surface area contributed by atoms with Crippen molar-refractivity contribution in [3.8, 4) is 5.75 Å². The Kier molecular flexibility index (Phi) is 5.96. The molecule has 136 valence electrons. The van der Waals surface area contributed by atoms with E-state index in [4.69, 9.17) is 4.74 Å². The highest BCUT2D eigenvalue weighted by molar-refractivity contribution is 7.09. The van der Waals surface area contributed by atoms with Gasteiger partial charge in [-0.05, 0) is 54.8 Å². The van der Waals surface area contributed by atoms with Gasteiger partial charge >= 0.3 is 6.03 Å². The van der Waals surface area contributed by atoms with Gasteiger partial charge in [-0.2, -0.15) is 0 Å². The molecule has 5 nitrogen and oxygen atoms in total. The smallest absolute Gasteiger partial charge is 0.322 e. The number of carbonyl (C=O) groups is 1. The van der Waals surface area contributed by atoms with Crippen molar-refractivity contribution >= 4 is 23.1 Å². The van der Waals surface area contributed by atoms with Crippen molar-refractivity contribution in [3.63, 3.8) is 0 Å². The van der Waals surface area contributed by atoms with Crippen LogP contribution in [0.15, 0.2) is 60.1 Å². The largest absolute Gasteiger partial charge is 0.494 e. The van der Waals surface area contributed by atoms with Crippen LogP contribution in [-0.4, -0.2) is 22.1 Å². The number of aryl methyl sites for hydroxylation is 1. The fraction of sp³-hybridized carbons (Fsp3) is 0.250. The zero-order valence-electron chi connectivity index (χ0n) is 15.0. The molecule has 3 aromatic rings. The molecule has 6 heteroatoms. The second kappa shape index (κ2) is 8.58. The monoisotopic (exact) mass is 369 g/mol. The molecule has 0 aliphatic rings. The van der Waals surface area contributed by atoms with Gasteiger partial charge in [0.1, 0.15) is 5.75 Å². The number of hydrogen-bond donors (Lipinski definition) is 1. The van der Waals surface area contributed by atoms with E-state index in [9.17, 15) is 4.79 Å². The second-order valence-corrected chi connectivity index (χ2v) is 6.97. The van der Waals surface area contributed by atoms with E-state index < -0.39 is 0 Å². The van der Waals surface area contributed by atoms with Crippen LogP contribution in [0, 0.1) is 0 Å². The minimum atomic E-state index is -0.122. The number of nitrogens with zero attached hydrogens (tertiary/aromatic N) is 2. The summed E-state index contributed by atoms with van der Waals surface area (Å²) in [5, 5.41) is 5.01. The third-order valence-electron chi connectivity index (χ3n) is 4.03. The molecule has 0 aliphatic carbocycles. The van der Waals surface area contributed by atoms with Gasteiger partial charge in [0.15, 0.2) is 0 Å². The molecule has 0 atom stereocenters. The standard InChI is InChI=1S/C20H23N3O2S/c1-3-25-18-10-8-16(9-11-18)21-20(24)23(15-19-7-5-13-26-19)14-17-6-4-12-22(17)2/h4-13H,3,14-15H2,1-2H3,(H,21,24). The van der Waals surface area contributed by atoms with Crippen LogP contribution in [0.1, 0.15) is 17.5 Å². The molecule has 1 aromatic carbocycles. The second-order valence-electron chi connectivity index (χ2n) is 5.93. The van der Waals surface area contributed by atoms with E-state index in [0.717, 1.165) is 22.0 Å². The van der Waals surface area contributed by atoms with E-state index in [1.807, 2.05) is 83.5 Å². The lowest BCUT2D eigenvalue weighted by Gasteiger charge is -2.23. The summed E-state index contributed by atoms with van der Waals surface area (Å²) in [6, 6.07) is 15.4. The zero-order chi connectivity index (χ0) is 18.4. The van der Waals surface area contributed by atoms with Gasteiger partial charge in [-0.1, -0.05) is 6.07 Å². The minimum Gasteiger partial charge on any atom is -0.494 e. The Morgan fingerprint density at radius 3 is 2.58 bits per heavy atom. The molecule has 0 spiro atoms. The first-order valence-electron chi connectivity index (χ1n) is 8.57. The van der Waals surface area contributed by atoms with Crippen LogP contribution in [-0.2, 0) is 20.1 Å². The fourth-order valence-corrected chi connectivity index (χ4v) is 3.37. The molecule has 0 bridgehead atoms. The Morgan fingerprint density at radius 1 is 1.15 bits per heavy atom. The van der Waals surface area contributed by atoms with E-state index in [2.05, 4.69) is 5.32 Å². The molecular weight excluding hydrogens is 346 g/mol. The lowest BCUT2D eigenvalue weighted by molar-refractivity contribution is 0.205. The average molecular weight is 369 g/mol. The van der Waals surface area contributed by atoms with E-state index in [0.29, 0.717) is 19.7 Å². The van der Waals surface area contributed by atoms with E-state index in [1.165, 1.54) is 0 Å². The van der Waals surface area contributed by atoms with Crippen molar-refractivity contribution in [1.29, 1.82) is 0 Å². The Hall–Kier alpha value is -2.73. The van der Waals surface area contributed by atoms with Gasteiger partial charge in [0.2, 0.25) is 0 Å². The van der Waals surface area contributed by atoms with Gasteiger partial charge in [0, 0.05) is 29.5 Å². The number of hydrogen-bond acceptors (Lipinski definition) is 3. The van der Waals surface area contributed by atoms with E-state index >= 15 is 0 Å². The maximum atomic E-state index is 12.9. The summed E-state index contributed by atoms with van der Waals surface area (Å²) in [6.45, 7) is 3.69. The molecule has 0 radical (unpaired) electrons. The molecule has 3 rings (SSSR count). The number of aromatic nitrogens is 1. The van der Waals surface area contributed by atoms with Crippen molar-refractivity contribution in [1.82, 2.24) is 9.47 Å². The number of ether oxygens (including phenoxy) is 1. The molecule has 2 amide bonds. The summed E-state index contributed by atoms with van der Waals surface area (Å²) < 4.78 is 7.48. The van der Waals surface area contributed by atoms with Gasteiger partial charge in [0.05, 0.1) is 19.7 Å². The lowest BCUT2D eigenvalue weighted by atomic mass is 10.3. The van der Waals surface area contributed by atoms with Crippen LogP contribution in [0.3, 0.4) is 0 Å². The molecule has 0 aliphatic heterocycles. The van der Waals surface area contributed by atoms with Crippen molar-refractivity contribution < 1.29 is 9.53 Å². The Labute approximate surface area is 157 Å². The Bertz CT molecular complexity index is 825. The average Bonchev–Trinajstić information content (AvgIpc) is 3.28. The highest BCUT2D eigenvalue weighted by Gasteiger charge is 2.16. The number of nitrogens with one attached hydrogen (secondary N) is 1. The van der Waals surface area contributed by atoms with Gasteiger partial charge < -0.3 is 19.5 Å². The van der Waals surface area contributed by atoms with Crippen LogP contribution >= 0.6 is 11.3 Å². The van der Waals surface area contributed by atoms with Crippen molar-refractivity contribution in [3.05, 3.63) is 70.7 Å².